The molecule has 0 aromatic heterocycles. The second-order valence-electron chi connectivity index (χ2n) is 4.74. The highest BCUT2D eigenvalue weighted by atomic mass is 16.4. The topological polar surface area (TPSA) is 49.3 Å². The van der Waals surface area contributed by atoms with Crippen LogP contribution in [0.2, 0.25) is 0 Å². The van der Waals surface area contributed by atoms with Crippen molar-refractivity contribution in [2.75, 3.05) is 13.1 Å². The van der Waals surface area contributed by atoms with Gasteiger partial charge in [-0.05, 0) is 18.3 Å². The molecule has 2 N–H and O–H groups in total. The smallest absolute Gasteiger partial charge is 0.328 e. The second kappa shape index (κ2) is 5.91. The Bertz CT molecular complexity index is 230. The summed E-state index contributed by atoms with van der Waals surface area (Å²) in [7, 11) is 0. The number of carbonyl (C=O) groups is 1. The van der Waals surface area contributed by atoms with Crippen LogP contribution in [-0.4, -0.2) is 24.2 Å². The van der Waals surface area contributed by atoms with Crippen LogP contribution in [0.1, 0.15) is 39.0 Å². The number of nitrogens with one attached hydrogen (secondary N) is 1. The van der Waals surface area contributed by atoms with Gasteiger partial charge in [0.1, 0.15) is 0 Å². The molecule has 0 spiro atoms. The van der Waals surface area contributed by atoms with Gasteiger partial charge in [-0.2, -0.15) is 0 Å². The van der Waals surface area contributed by atoms with Crippen molar-refractivity contribution < 1.29 is 9.90 Å². The first kappa shape index (κ1) is 12.2. The predicted octanol–water partition coefficient (Wildman–Crippen LogP) is 2.19. The van der Waals surface area contributed by atoms with E-state index in [-0.39, 0.29) is 0 Å². The lowest BCUT2D eigenvalue weighted by Gasteiger charge is -2.33. The van der Waals surface area contributed by atoms with Crippen molar-refractivity contribution in [3.05, 3.63) is 12.2 Å². The summed E-state index contributed by atoms with van der Waals surface area (Å²) in [5.74, 6) is -0.874. The number of rotatable bonds is 5. The van der Waals surface area contributed by atoms with E-state index in [1.54, 1.807) is 6.08 Å². The van der Waals surface area contributed by atoms with E-state index in [1.807, 2.05) is 0 Å². The van der Waals surface area contributed by atoms with Crippen LogP contribution >= 0.6 is 0 Å². The van der Waals surface area contributed by atoms with E-state index >= 15 is 0 Å². The van der Waals surface area contributed by atoms with Crippen molar-refractivity contribution >= 4 is 5.97 Å². The highest BCUT2D eigenvalue weighted by Gasteiger charge is 2.25. The Morgan fingerprint density at radius 2 is 2.07 bits per heavy atom. The predicted molar refractivity (Wildman–Crippen MR) is 60.8 cm³/mol. The highest BCUT2D eigenvalue weighted by Crippen LogP contribution is 2.34. The molecule has 0 atom stereocenters. The van der Waals surface area contributed by atoms with Gasteiger partial charge in [0.25, 0.3) is 0 Å². The van der Waals surface area contributed by atoms with Gasteiger partial charge in [0.2, 0.25) is 0 Å². The fourth-order valence-electron chi connectivity index (χ4n) is 2.20. The van der Waals surface area contributed by atoms with Crippen molar-refractivity contribution in [1.82, 2.24) is 5.32 Å². The van der Waals surface area contributed by atoms with Crippen LogP contribution in [0, 0.1) is 5.41 Å². The van der Waals surface area contributed by atoms with Crippen LogP contribution < -0.4 is 5.32 Å². The molecule has 0 amide bonds. The number of hydrogen-bond acceptors (Lipinski definition) is 2. The minimum absolute atomic E-state index is 0.426. The van der Waals surface area contributed by atoms with Crippen molar-refractivity contribution in [2.24, 2.45) is 5.41 Å². The molecule has 1 fully saturated rings. The Labute approximate surface area is 91.6 Å². The van der Waals surface area contributed by atoms with Crippen molar-refractivity contribution in [3.63, 3.8) is 0 Å². The average molecular weight is 211 g/mol. The van der Waals surface area contributed by atoms with Gasteiger partial charge in [-0.3, -0.25) is 0 Å². The first-order chi connectivity index (χ1) is 7.12. The molecule has 0 radical (unpaired) electrons. The van der Waals surface area contributed by atoms with Crippen LogP contribution in [0.25, 0.3) is 0 Å². The molecule has 1 aliphatic carbocycles. The van der Waals surface area contributed by atoms with Crippen LogP contribution in [0.15, 0.2) is 12.2 Å². The molecule has 1 rings (SSSR count). The number of carboxylic acid groups (broad SMARTS) is 1. The van der Waals surface area contributed by atoms with Crippen LogP contribution in [0.4, 0.5) is 0 Å². The molecule has 1 aliphatic rings. The molecule has 3 nitrogen and oxygen atoms in total. The lowest BCUT2D eigenvalue weighted by Crippen LogP contribution is -2.33. The Kier molecular flexibility index (Phi) is 4.82. The summed E-state index contributed by atoms with van der Waals surface area (Å²) in [6.07, 6.45) is 9.48. The summed E-state index contributed by atoms with van der Waals surface area (Å²) in [6.45, 7) is 3.97. The fourth-order valence-corrected chi connectivity index (χ4v) is 2.20. The first-order valence-electron chi connectivity index (χ1n) is 5.73. The SMILES string of the molecule is CC1(CNC/C=C/C(=O)O)CCCCC1. The molecular weight excluding hydrogens is 190 g/mol. The molecule has 0 bridgehead atoms. The van der Waals surface area contributed by atoms with Crippen LogP contribution in [0.5, 0.6) is 0 Å². The zero-order valence-corrected chi connectivity index (χ0v) is 9.46. The quantitative estimate of drug-likeness (QED) is 0.541. The molecule has 0 aromatic carbocycles. The van der Waals surface area contributed by atoms with E-state index in [1.165, 1.54) is 38.2 Å². The van der Waals surface area contributed by atoms with Gasteiger partial charge in [0.05, 0.1) is 0 Å². The summed E-state index contributed by atoms with van der Waals surface area (Å²) in [6, 6.07) is 0. The van der Waals surface area contributed by atoms with Gasteiger partial charge in [0.15, 0.2) is 0 Å². The summed E-state index contributed by atoms with van der Waals surface area (Å²) in [4.78, 5) is 10.2. The van der Waals surface area contributed by atoms with Gasteiger partial charge < -0.3 is 10.4 Å². The standard InChI is InChI=1S/C12H21NO2/c1-12(7-3-2-4-8-12)10-13-9-5-6-11(14)15/h5-6,13H,2-4,7-10H2,1H3,(H,14,15)/b6-5+. The third-order valence-corrected chi connectivity index (χ3v) is 3.14. The number of aliphatic carboxylic acids is 1. The Morgan fingerprint density at radius 3 is 2.67 bits per heavy atom. The van der Waals surface area contributed by atoms with Gasteiger partial charge in [-0.25, -0.2) is 4.79 Å². The molecule has 86 valence electrons. The molecule has 15 heavy (non-hydrogen) atoms. The van der Waals surface area contributed by atoms with E-state index in [0.717, 1.165) is 6.54 Å². The monoisotopic (exact) mass is 211 g/mol. The lowest BCUT2D eigenvalue weighted by atomic mass is 9.76. The fraction of sp³-hybridized carbons (Fsp3) is 0.750. The molecule has 3 heteroatoms. The molecule has 0 saturated heterocycles. The number of carboxylic acids is 1. The average Bonchev–Trinajstić information content (AvgIpc) is 2.17. The Hall–Kier alpha value is -0.830. The third-order valence-electron chi connectivity index (χ3n) is 3.14. The van der Waals surface area contributed by atoms with Gasteiger partial charge in [-0.1, -0.05) is 32.3 Å². The highest BCUT2D eigenvalue weighted by molar-refractivity contribution is 5.79. The molecule has 0 aromatic rings. The maximum Gasteiger partial charge on any atom is 0.328 e. The van der Waals surface area contributed by atoms with E-state index in [2.05, 4.69) is 12.2 Å². The van der Waals surface area contributed by atoms with Gasteiger partial charge in [0, 0.05) is 19.2 Å². The second-order valence-corrected chi connectivity index (χ2v) is 4.74. The summed E-state index contributed by atoms with van der Waals surface area (Å²) >= 11 is 0. The van der Waals surface area contributed by atoms with Crippen LogP contribution in [0.3, 0.4) is 0 Å². The maximum atomic E-state index is 10.2. The molecule has 0 aliphatic heterocycles. The van der Waals surface area contributed by atoms with E-state index < -0.39 is 5.97 Å². The van der Waals surface area contributed by atoms with Gasteiger partial charge >= 0.3 is 5.97 Å². The maximum absolute atomic E-state index is 10.2. The zero-order chi connectivity index (χ0) is 11.1. The zero-order valence-electron chi connectivity index (χ0n) is 9.46. The van der Waals surface area contributed by atoms with Crippen molar-refractivity contribution in [2.45, 2.75) is 39.0 Å². The Morgan fingerprint density at radius 1 is 1.40 bits per heavy atom. The minimum atomic E-state index is -0.874. The summed E-state index contributed by atoms with van der Waals surface area (Å²) in [5.41, 5.74) is 0.426. The first-order valence-corrected chi connectivity index (χ1v) is 5.73. The van der Waals surface area contributed by atoms with Gasteiger partial charge in [-0.15, -0.1) is 0 Å². The minimum Gasteiger partial charge on any atom is -0.478 e. The van der Waals surface area contributed by atoms with E-state index in [9.17, 15) is 4.79 Å². The van der Waals surface area contributed by atoms with Crippen molar-refractivity contribution in [3.8, 4) is 0 Å². The van der Waals surface area contributed by atoms with Crippen molar-refractivity contribution in [1.29, 1.82) is 0 Å². The Balaban J connectivity index is 2.15. The lowest BCUT2D eigenvalue weighted by molar-refractivity contribution is -0.131. The molecular formula is C12H21NO2. The summed E-state index contributed by atoms with van der Waals surface area (Å²) < 4.78 is 0. The van der Waals surface area contributed by atoms with E-state index in [4.69, 9.17) is 5.11 Å². The molecule has 1 saturated carbocycles. The third kappa shape index (κ3) is 4.98. The molecule has 0 unspecified atom stereocenters. The largest absolute Gasteiger partial charge is 0.478 e. The normalized spacial score (nSPS) is 20.6. The summed E-state index contributed by atoms with van der Waals surface area (Å²) in [5, 5.41) is 11.7. The van der Waals surface area contributed by atoms with E-state index in [0.29, 0.717) is 12.0 Å². The molecule has 0 heterocycles. The van der Waals surface area contributed by atoms with Crippen LogP contribution in [-0.2, 0) is 4.79 Å². The number of hydrogen-bond donors (Lipinski definition) is 2.